The summed E-state index contributed by atoms with van der Waals surface area (Å²) in [6.45, 7) is 4.85. The summed E-state index contributed by atoms with van der Waals surface area (Å²) < 4.78 is 5.35. The van der Waals surface area contributed by atoms with Crippen molar-refractivity contribution >= 4 is 11.9 Å². The molecule has 1 heterocycles. The van der Waals surface area contributed by atoms with Gasteiger partial charge in [-0.15, -0.1) is 0 Å². The number of hydrogen-bond donors (Lipinski definition) is 2. The Bertz CT molecular complexity index is 574. The predicted molar refractivity (Wildman–Crippen MR) is 83.6 cm³/mol. The second kappa shape index (κ2) is 6.68. The highest BCUT2D eigenvalue weighted by Crippen LogP contribution is 2.26. The van der Waals surface area contributed by atoms with Gasteiger partial charge in [0.05, 0.1) is 19.1 Å². The number of carbonyl (C=O) groups is 2. The lowest BCUT2D eigenvalue weighted by atomic mass is 10.0. The van der Waals surface area contributed by atoms with Gasteiger partial charge in [0.1, 0.15) is 5.75 Å². The minimum absolute atomic E-state index is 0.181. The molecule has 1 aliphatic rings. The Balaban J connectivity index is 2.03. The van der Waals surface area contributed by atoms with Gasteiger partial charge in [-0.1, -0.05) is 17.7 Å². The van der Waals surface area contributed by atoms with Crippen LogP contribution in [0.2, 0.25) is 0 Å². The molecular weight excluding hydrogens is 282 g/mol. The number of amides is 3. The van der Waals surface area contributed by atoms with Crippen molar-refractivity contribution in [1.29, 1.82) is 0 Å². The molecule has 2 atom stereocenters. The molecule has 0 radical (unpaired) electrons. The highest BCUT2D eigenvalue weighted by atomic mass is 16.5. The van der Waals surface area contributed by atoms with Gasteiger partial charge in [-0.25, -0.2) is 4.79 Å². The number of primary amides is 1. The Morgan fingerprint density at radius 1 is 1.45 bits per heavy atom. The lowest BCUT2D eigenvalue weighted by Crippen LogP contribution is -2.40. The van der Waals surface area contributed by atoms with Crippen LogP contribution in [0.5, 0.6) is 5.75 Å². The summed E-state index contributed by atoms with van der Waals surface area (Å²) in [5, 5.41) is 2.95. The fourth-order valence-corrected chi connectivity index (χ4v) is 2.72. The van der Waals surface area contributed by atoms with Crippen LogP contribution >= 0.6 is 0 Å². The molecule has 0 aliphatic carbocycles. The van der Waals surface area contributed by atoms with Gasteiger partial charge in [-0.05, 0) is 26.3 Å². The van der Waals surface area contributed by atoms with Gasteiger partial charge < -0.3 is 20.7 Å². The maximum atomic E-state index is 12.3. The zero-order valence-electron chi connectivity index (χ0n) is 13.3. The number of methoxy groups -OCH3 is 1. The van der Waals surface area contributed by atoms with Crippen molar-refractivity contribution in [3.63, 3.8) is 0 Å². The van der Waals surface area contributed by atoms with E-state index >= 15 is 0 Å². The molecule has 6 nitrogen and oxygen atoms in total. The summed E-state index contributed by atoms with van der Waals surface area (Å²) in [5.41, 5.74) is 7.33. The third-order valence-corrected chi connectivity index (χ3v) is 4.07. The van der Waals surface area contributed by atoms with Crippen molar-refractivity contribution < 1.29 is 14.3 Å². The molecule has 1 aromatic rings. The molecule has 0 saturated carbocycles. The summed E-state index contributed by atoms with van der Waals surface area (Å²) in [5.74, 6) is 0.160. The first-order chi connectivity index (χ1) is 10.4. The number of hydrogen-bond acceptors (Lipinski definition) is 3. The van der Waals surface area contributed by atoms with Crippen molar-refractivity contribution in [2.24, 2.45) is 11.7 Å². The van der Waals surface area contributed by atoms with Crippen LogP contribution in [0.1, 0.15) is 30.5 Å². The maximum absolute atomic E-state index is 12.3. The maximum Gasteiger partial charge on any atom is 0.317 e. The summed E-state index contributed by atoms with van der Waals surface area (Å²) in [6.07, 6.45) is 0.630. The third kappa shape index (κ3) is 3.50. The molecule has 22 heavy (non-hydrogen) atoms. The van der Waals surface area contributed by atoms with Crippen molar-refractivity contribution in [1.82, 2.24) is 10.2 Å². The molecule has 0 aromatic heterocycles. The van der Waals surface area contributed by atoms with Crippen LogP contribution in [0.3, 0.4) is 0 Å². The first-order valence-corrected chi connectivity index (χ1v) is 7.41. The second-order valence-electron chi connectivity index (χ2n) is 5.75. The molecule has 0 spiro atoms. The monoisotopic (exact) mass is 305 g/mol. The van der Waals surface area contributed by atoms with E-state index in [9.17, 15) is 9.59 Å². The number of nitrogens with two attached hydrogens (primary N) is 1. The van der Waals surface area contributed by atoms with Crippen LogP contribution in [-0.4, -0.2) is 37.0 Å². The fourth-order valence-electron chi connectivity index (χ4n) is 2.72. The fraction of sp³-hybridized carbons (Fsp3) is 0.500. The molecule has 6 heteroatoms. The van der Waals surface area contributed by atoms with E-state index in [-0.39, 0.29) is 23.9 Å². The van der Waals surface area contributed by atoms with E-state index in [4.69, 9.17) is 10.5 Å². The topological polar surface area (TPSA) is 84.7 Å². The van der Waals surface area contributed by atoms with Gasteiger partial charge in [0.2, 0.25) is 5.91 Å². The van der Waals surface area contributed by atoms with E-state index in [2.05, 4.69) is 5.32 Å². The van der Waals surface area contributed by atoms with Gasteiger partial charge >= 0.3 is 6.03 Å². The first-order valence-electron chi connectivity index (χ1n) is 7.41. The lowest BCUT2D eigenvalue weighted by Gasteiger charge is -2.22. The molecule has 120 valence electrons. The Labute approximate surface area is 130 Å². The zero-order valence-corrected chi connectivity index (χ0v) is 13.3. The molecule has 1 saturated heterocycles. The largest absolute Gasteiger partial charge is 0.496 e. The molecule has 0 unspecified atom stereocenters. The lowest BCUT2D eigenvalue weighted by molar-refractivity contribution is -0.121. The normalized spacial score (nSPS) is 18.9. The van der Waals surface area contributed by atoms with Crippen LogP contribution in [0.25, 0.3) is 0 Å². The number of benzene rings is 1. The van der Waals surface area contributed by atoms with Crippen molar-refractivity contribution in [2.75, 3.05) is 20.2 Å². The highest BCUT2D eigenvalue weighted by Gasteiger charge is 2.30. The minimum atomic E-state index is -0.344. The number of carbonyl (C=O) groups excluding carboxylic acids is 2. The quantitative estimate of drug-likeness (QED) is 0.885. The zero-order chi connectivity index (χ0) is 16.3. The highest BCUT2D eigenvalue weighted by molar-refractivity contribution is 5.80. The number of aryl methyl sites for hydroxylation is 1. The van der Waals surface area contributed by atoms with Crippen molar-refractivity contribution in [3.05, 3.63) is 29.3 Å². The number of nitrogens with one attached hydrogen (secondary N) is 1. The molecule has 2 rings (SSSR count). The second-order valence-corrected chi connectivity index (χ2v) is 5.75. The van der Waals surface area contributed by atoms with Gasteiger partial charge in [-0.3, -0.25) is 4.79 Å². The van der Waals surface area contributed by atoms with Crippen molar-refractivity contribution in [3.8, 4) is 5.75 Å². The molecular formula is C16H23N3O3. The molecule has 1 aromatic carbocycles. The summed E-state index contributed by atoms with van der Waals surface area (Å²) in [6, 6.07) is 5.50. The van der Waals surface area contributed by atoms with E-state index in [0.717, 1.165) is 16.9 Å². The molecule has 0 bridgehead atoms. The Morgan fingerprint density at radius 2 is 2.18 bits per heavy atom. The van der Waals surface area contributed by atoms with Crippen LogP contribution in [-0.2, 0) is 4.79 Å². The van der Waals surface area contributed by atoms with Gasteiger partial charge in [0.15, 0.2) is 0 Å². The van der Waals surface area contributed by atoms with E-state index in [1.165, 1.54) is 0 Å². The molecule has 1 fully saturated rings. The minimum Gasteiger partial charge on any atom is -0.496 e. The van der Waals surface area contributed by atoms with Gasteiger partial charge in [0, 0.05) is 18.7 Å². The Morgan fingerprint density at radius 3 is 2.77 bits per heavy atom. The first kappa shape index (κ1) is 16.1. The van der Waals surface area contributed by atoms with Crippen LogP contribution in [0.15, 0.2) is 18.2 Å². The number of ether oxygens (including phenoxy) is 1. The SMILES string of the molecule is COc1ccc(C)cc1[C@H](C)NC(=O)N1CC[C@@H](C(N)=O)C1. The predicted octanol–water partition coefficient (Wildman–Crippen LogP) is 1.58. The number of urea groups is 1. The molecule has 3 amide bonds. The van der Waals surface area contributed by atoms with E-state index < -0.39 is 0 Å². The van der Waals surface area contributed by atoms with E-state index in [1.807, 2.05) is 32.0 Å². The van der Waals surface area contributed by atoms with Gasteiger partial charge in [-0.2, -0.15) is 0 Å². The Hall–Kier alpha value is -2.24. The average molecular weight is 305 g/mol. The number of likely N-dealkylation sites (tertiary alicyclic amines) is 1. The van der Waals surface area contributed by atoms with Crippen LogP contribution in [0.4, 0.5) is 4.79 Å². The van der Waals surface area contributed by atoms with Crippen molar-refractivity contribution in [2.45, 2.75) is 26.3 Å². The van der Waals surface area contributed by atoms with Crippen LogP contribution in [0, 0.1) is 12.8 Å². The Kier molecular flexibility index (Phi) is 4.90. The summed E-state index contributed by atoms with van der Waals surface area (Å²) in [7, 11) is 1.61. The molecule has 3 N–H and O–H groups in total. The van der Waals surface area contributed by atoms with E-state index in [1.54, 1.807) is 12.0 Å². The number of rotatable bonds is 4. The van der Waals surface area contributed by atoms with E-state index in [0.29, 0.717) is 19.5 Å². The van der Waals surface area contributed by atoms with Gasteiger partial charge in [0.25, 0.3) is 0 Å². The molecule has 1 aliphatic heterocycles. The summed E-state index contributed by atoms with van der Waals surface area (Å²) in [4.78, 5) is 25.1. The average Bonchev–Trinajstić information content (AvgIpc) is 2.97. The standard InChI is InChI=1S/C16H23N3O3/c1-10-4-5-14(22-3)13(8-10)11(2)18-16(21)19-7-6-12(9-19)15(17)20/h4-5,8,11-12H,6-7,9H2,1-3H3,(H2,17,20)(H,18,21)/t11-,12+/m0/s1. The van der Waals surface area contributed by atoms with Crippen LogP contribution < -0.4 is 15.8 Å². The summed E-state index contributed by atoms with van der Waals surface area (Å²) >= 11 is 0. The number of nitrogens with zero attached hydrogens (tertiary/aromatic N) is 1. The smallest absolute Gasteiger partial charge is 0.317 e. The third-order valence-electron chi connectivity index (χ3n) is 4.07.